The van der Waals surface area contributed by atoms with E-state index in [9.17, 15) is 9.59 Å². The Balaban J connectivity index is -0.00000144. The van der Waals surface area contributed by atoms with Gasteiger partial charge in [-0.2, -0.15) is 0 Å². The first-order valence-electron chi connectivity index (χ1n) is 6.85. The molecule has 0 aliphatic rings. The Morgan fingerprint density at radius 2 is 1.58 bits per heavy atom. The van der Waals surface area contributed by atoms with Gasteiger partial charge in [-0.1, -0.05) is 52.9 Å². The van der Waals surface area contributed by atoms with Gasteiger partial charge < -0.3 is 11.6 Å². The Morgan fingerprint density at radius 3 is 1.95 bits per heavy atom. The summed E-state index contributed by atoms with van der Waals surface area (Å²) in [4.78, 5) is 21.8. The first-order chi connectivity index (χ1) is 8.40. The number of aliphatic carboxylic acids is 2. The van der Waals surface area contributed by atoms with E-state index in [0.717, 1.165) is 19.3 Å². The van der Waals surface area contributed by atoms with Gasteiger partial charge in [-0.05, 0) is 18.3 Å². The summed E-state index contributed by atoms with van der Waals surface area (Å²) in [6.07, 6.45) is 5.72. The number of unbranched alkanes of at least 4 members (excludes halogenated alkanes) is 3. The SMILES string of the molecule is CCCCCCC(CC(C(=O)O)C(=O)O)C(C)C.[H-].[K+]. The third kappa shape index (κ3) is 10.0. The molecule has 0 fully saturated rings. The Morgan fingerprint density at radius 1 is 1.05 bits per heavy atom. The zero-order valence-corrected chi connectivity index (χ0v) is 15.8. The standard InChI is InChI=1S/C14H26O4.K.H/c1-4-5-6-7-8-11(10(2)3)9-12(13(15)16)14(17)18;;/h10-12H,4-9H2,1-3H3,(H,15,16)(H,17,18);;/q;+1;-1. The van der Waals surface area contributed by atoms with Crippen molar-refractivity contribution in [1.29, 1.82) is 0 Å². The molecule has 2 N–H and O–H groups in total. The van der Waals surface area contributed by atoms with Crippen LogP contribution in [0.15, 0.2) is 0 Å². The van der Waals surface area contributed by atoms with Crippen LogP contribution in [0.5, 0.6) is 0 Å². The predicted molar refractivity (Wildman–Crippen MR) is 71.6 cm³/mol. The molecule has 1 atom stereocenters. The van der Waals surface area contributed by atoms with Crippen LogP contribution in [0.3, 0.4) is 0 Å². The normalized spacial score (nSPS) is 12.3. The van der Waals surface area contributed by atoms with Crippen molar-refractivity contribution in [1.82, 2.24) is 0 Å². The maximum absolute atomic E-state index is 10.9. The fraction of sp³-hybridized carbons (Fsp3) is 0.857. The van der Waals surface area contributed by atoms with E-state index in [0.29, 0.717) is 5.92 Å². The molecule has 0 bridgehead atoms. The molecule has 0 saturated carbocycles. The number of rotatable bonds is 10. The molecule has 108 valence electrons. The molecule has 0 heterocycles. The van der Waals surface area contributed by atoms with Gasteiger partial charge in [0.2, 0.25) is 0 Å². The summed E-state index contributed by atoms with van der Waals surface area (Å²) in [6.45, 7) is 6.21. The Labute approximate surface area is 160 Å². The zero-order chi connectivity index (χ0) is 14.1. The van der Waals surface area contributed by atoms with Crippen LogP contribution in [0.2, 0.25) is 0 Å². The first kappa shape index (κ1) is 21.9. The van der Waals surface area contributed by atoms with Gasteiger partial charge in [0.05, 0.1) is 0 Å². The second-order valence-corrected chi connectivity index (χ2v) is 5.32. The summed E-state index contributed by atoms with van der Waals surface area (Å²) in [7, 11) is 0. The molecular formula is C14H27KO4. The molecule has 0 aromatic carbocycles. The number of hydrogen-bond donors (Lipinski definition) is 2. The molecule has 0 spiro atoms. The van der Waals surface area contributed by atoms with Crippen LogP contribution >= 0.6 is 0 Å². The van der Waals surface area contributed by atoms with Crippen molar-refractivity contribution < 1.29 is 72.6 Å². The van der Waals surface area contributed by atoms with E-state index in [4.69, 9.17) is 10.2 Å². The average Bonchev–Trinajstić information content (AvgIpc) is 2.26. The van der Waals surface area contributed by atoms with Crippen LogP contribution in [-0.4, -0.2) is 22.2 Å². The molecule has 19 heavy (non-hydrogen) atoms. The minimum atomic E-state index is -1.26. The van der Waals surface area contributed by atoms with Gasteiger partial charge in [-0.3, -0.25) is 9.59 Å². The zero-order valence-electron chi connectivity index (χ0n) is 13.7. The molecule has 5 heteroatoms. The minimum absolute atomic E-state index is 0. The smallest absolute Gasteiger partial charge is 1.00 e. The van der Waals surface area contributed by atoms with Crippen molar-refractivity contribution in [3.63, 3.8) is 0 Å². The van der Waals surface area contributed by atoms with Crippen molar-refractivity contribution in [2.45, 2.75) is 59.3 Å². The van der Waals surface area contributed by atoms with Gasteiger partial charge in [0, 0.05) is 0 Å². The van der Waals surface area contributed by atoms with Crippen molar-refractivity contribution in [3.8, 4) is 0 Å². The monoisotopic (exact) mass is 298 g/mol. The molecule has 0 aliphatic heterocycles. The minimum Gasteiger partial charge on any atom is -1.00 e. The molecule has 0 aromatic rings. The third-order valence-electron chi connectivity index (χ3n) is 3.51. The first-order valence-corrected chi connectivity index (χ1v) is 6.85. The van der Waals surface area contributed by atoms with E-state index in [1.807, 2.05) is 13.8 Å². The molecule has 1 unspecified atom stereocenters. The van der Waals surface area contributed by atoms with Crippen molar-refractivity contribution in [2.24, 2.45) is 17.8 Å². The van der Waals surface area contributed by atoms with Gasteiger partial charge in [0.25, 0.3) is 0 Å². The summed E-state index contributed by atoms with van der Waals surface area (Å²) >= 11 is 0. The van der Waals surface area contributed by atoms with E-state index in [2.05, 4.69) is 6.92 Å². The summed E-state index contributed by atoms with van der Waals surface area (Å²) < 4.78 is 0. The van der Waals surface area contributed by atoms with Crippen LogP contribution in [0.1, 0.15) is 60.7 Å². The summed E-state index contributed by atoms with van der Waals surface area (Å²) in [6, 6.07) is 0. The second kappa shape index (κ2) is 12.3. The van der Waals surface area contributed by atoms with E-state index in [1.54, 1.807) is 0 Å². The second-order valence-electron chi connectivity index (χ2n) is 5.32. The molecule has 0 aromatic heterocycles. The van der Waals surface area contributed by atoms with Gasteiger partial charge in [-0.15, -0.1) is 0 Å². The van der Waals surface area contributed by atoms with Crippen LogP contribution < -0.4 is 51.4 Å². The Hall–Kier alpha value is 0.576. The average molecular weight is 298 g/mol. The van der Waals surface area contributed by atoms with Crippen molar-refractivity contribution in [2.75, 3.05) is 0 Å². The predicted octanol–water partition coefficient (Wildman–Crippen LogP) is 0.521. The van der Waals surface area contributed by atoms with Crippen LogP contribution in [-0.2, 0) is 9.59 Å². The third-order valence-corrected chi connectivity index (χ3v) is 3.51. The number of carboxylic acids is 2. The summed E-state index contributed by atoms with van der Waals surface area (Å²) in [5, 5.41) is 17.8. The molecule has 0 radical (unpaired) electrons. The van der Waals surface area contributed by atoms with Crippen molar-refractivity contribution >= 4 is 11.9 Å². The molecule has 0 aliphatic carbocycles. The topological polar surface area (TPSA) is 74.6 Å². The maximum atomic E-state index is 10.9. The van der Waals surface area contributed by atoms with Gasteiger partial charge in [0.15, 0.2) is 5.92 Å². The number of carbonyl (C=O) groups is 2. The Kier molecular flexibility index (Phi) is 14.2. The van der Waals surface area contributed by atoms with Crippen LogP contribution in [0, 0.1) is 17.8 Å². The van der Waals surface area contributed by atoms with Crippen LogP contribution in [0.25, 0.3) is 0 Å². The van der Waals surface area contributed by atoms with E-state index in [-0.39, 0.29) is 65.1 Å². The van der Waals surface area contributed by atoms with Gasteiger partial charge >= 0.3 is 63.3 Å². The van der Waals surface area contributed by atoms with Gasteiger partial charge in [-0.25, -0.2) is 0 Å². The van der Waals surface area contributed by atoms with Crippen molar-refractivity contribution in [3.05, 3.63) is 0 Å². The Bertz CT molecular complexity index is 258. The maximum Gasteiger partial charge on any atom is 1.00 e. The fourth-order valence-electron chi connectivity index (χ4n) is 2.17. The molecule has 0 rings (SSSR count). The number of carboxylic acid groups (broad SMARTS) is 2. The fourth-order valence-corrected chi connectivity index (χ4v) is 2.17. The summed E-state index contributed by atoms with van der Waals surface area (Å²) in [5.74, 6) is -3.20. The summed E-state index contributed by atoms with van der Waals surface area (Å²) in [5.41, 5.74) is 0. The number of hydrogen-bond acceptors (Lipinski definition) is 2. The van der Waals surface area contributed by atoms with E-state index in [1.165, 1.54) is 12.8 Å². The quantitative estimate of drug-likeness (QED) is 0.350. The molecule has 4 nitrogen and oxygen atoms in total. The van der Waals surface area contributed by atoms with E-state index >= 15 is 0 Å². The molecular weight excluding hydrogens is 271 g/mol. The van der Waals surface area contributed by atoms with Gasteiger partial charge in [0.1, 0.15) is 0 Å². The largest absolute Gasteiger partial charge is 1.00 e. The van der Waals surface area contributed by atoms with E-state index < -0.39 is 17.9 Å². The molecule has 0 saturated heterocycles. The van der Waals surface area contributed by atoms with Crippen LogP contribution in [0.4, 0.5) is 0 Å². The molecule has 0 amide bonds.